The molecule has 2 unspecified atom stereocenters. The topological polar surface area (TPSA) is 41.1 Å². The molecule has 17 heavy (non-hydrogen) atoms. The standard InChI is InChI=1S/C14H26N2O/c1-10-3-5-13(6-4-10)16-14(17)12-7-8-15-11(2)9-12/h10-13,15H,3-9H2,1-2H3,(H,16,17). The minimum Gasteiger partial charge on any atom is -0.353 e. The fourth-order valence-electron chi connectivity index (χ4n) is 3.09. The van der Waals surface area contributed by atoms with Gasteiger partial charge in [-0.25, -0.2) is 0 Å². The Morgan fingerprint density at radius 2 is 1.82 bits per heavy atom. The van der Waals surface area contributed by atoms with Crippen LogP contribution in [0.2, 0.25) is 0 Å². The molecule has 98 valence electrons. The van der Waals surface area contributed by atoms with E-state index in [4.69, 9.17) is 0 Å². The first kappa shape index (κ1) is 12.9. The van der Waals surface area contributed by atoms with Gasteiger partial charge in [0.05, 0.1) is 0 Å². The van der Waals surface area contributed by atoms with Gasteiger partial charge in [-0.1, -0.05) is 6.92 Å². The van der Waals surface area contributed by atoms with E-state index in [1.54, 1.807) is 0 Å². The summed E-state index contributed by atoms with van der Waals surface area (Å²) in [6.07, 6.45) is 6.89. The molecule has 1 saturated carbocycles. The minimum atomic E-state index is 0.241. The van der Waals surface area contributed by atoms with Crippen LogP contribution in [-0.4, -0.2) is 24.5 Å². The molecule has 2 fully saturated rings. The first-order chi connectivity index (χ1) is 8.15. The van der Waals surface area contributed by atoms with Gasteiger partial charge in [-0.15, -0.1) is 0 Å². The maximum Gasteiger partial charge on any atom is 0.223 e. The normalized spacial score (nSPS) is 38.7. The smallest absolute Gasteiger partial charge is 0.223 e. The highest BCUT2D eigenvalue weighted by Gasteiger charge is 2.27. The average Bonchev–Trinajstić information content (AvgIpc) is 2.32. The number of nitrogens with one attached hydrogen (secondary N) is 2. The fraction of sp³-hybridized carbons (Fsp3) is 0.929. The molecule has 0 radical (unpaired) electrons. The molecule has 0 bridgehead atoms. The van der Waals surface area contributed by atoms with Crippen LogP contribution in [0.15, 0.2) is 0 Å². The van der Waals surface area contributed by atoms with E-state index in [-0.39, 0.29) is 5.92 Å². The van der Waals surface area contributed by atoms with E-state index >= 15 is 0 Å². The SMILES string of the molecule is CC1CCC(NC(=O)C2CCNC(C)C2)CC1. The molecule has 3 nitrogen and oxygen atoms in total. The van der Waals surface area contributed by atoms with Crippen molar-refractivity contribution in [2.75, 3.05) is 6.54 Å². The number of rotatable bonds is 2. The summed E-state index contributed by atoms with van der Waals surface area (Å²) in [5, 5.41) is 6.66. The van der Waals surface area contributed by atoms with Gasteiger partial charge in [-0.05, 0) is 57.9 Å². The molecule has 0 aromatic carbocycles. The van der Waals surface area contributed by atoms with Crippen LogP contribution in [0.3, 0.4) is 0 Å². The van der Waals surface area contributed by atoms with E-state index in [1.165, 1.54) is 25.7 Å². The number of piperidine rings is 1. The zero-order valence-electron chi connectivity index (χ0n) is 11.2. The molecular formula is C14H26N2O. The van der Waals surface area contributed by atoms with Gasteiger partial charge in [-0.3, -0.25) is 4.79 Å². The minimum absolute atomic E-state index is 0.241. The Morgan fingerprint density at radius 3 is 2.47 bits per heavy atom. The molecular weight excluding hydrogens is 212 g/mol. The maximum absolute atomic E-state index is 12.2. The van der Waals surface area contributed by atoms with E-state index in [2.05, 4.69) is 24.5 Å². The number of amides is 1. The number of hydrogen-bond donors (Lipinski definition) is 2. The second-order valence-electron chi connectivity index (χ2n) is 6.04. The predicted molar refractivity (Wildman–Crippen MR) is 69.8 cm³/mol. The van der Waals surface area contributed by atoms with E-state index < -0.39 is 0 Å². The van der Waals surface area contributed by atoms with Crippen LogP contribution >= 0.6 is 0 Å². The lowest BCUT2D eigenvalue weighted by Crippen LogP contribution is -2.46. The molecule has 1 amide bonds. The summed E-state index contributed by atoms with van der Waals surface area (Å²) in [6, 6.07) is 0.940. The van der Waals surface area contributed by atoms with Gasteiger partial charge in [0.1, 0.15) is 0 Å². The Kier molecular flexibility index (Phi) is 4.43. The summed E-state index contributed by atoms with van der Waals surface area (Å²) in [6.45, 7) is 5.47. The van der Waals surface area contributed by atoms with Crippen LogP contribution in [-0.2, 0) is 4.79 Å². The predicted octanol–water partition coefficient (Wildman–Crippen LogP) is 2.07. The molecule has 1 saturated heterocycles. The van der Waals surface area contributed by atoms with E-state index in [1.807, 2.05) is 0 Å². The zero-order chi connectivity index (χ0) is 12.3. The van der Waals surface area contributed by atoms with Gasteiger partial charge < -0.3 is 10.6 Å². The van der Waals surface area contributed by atoms with Crippen molar-refractivity contribution < 1.29 is 4.79 Å². The Bertz CT molecular complexity index is 259. The lowest BCUT2D eigenvalue weighted by Gasteiger charge is -2.31. The summed E-state index contributed by atoms with van der Waals surface area (Å²) in [5.74, 6) is 1.39. The molecule has 2 aliphatic rings. The first-order valence-corrected chi connectivity index (χ1v) is 7.19. The van der Waals surface area contributed by atoms with E-state index in [0.29, 0.717) is 18.0 Å². The molecule has 2 atom stereocenters. The quantitative estimate of drug-likeness (QED) is 0.773. The van der Waals surface area contributed by atoms with Crippen LogP contribution in [0.4, 0.5) is 0 Å². The van der Waals surface area contributed by atoms with Crippen LogP contribution in [0.25, 0.3) is 0 Å². The van der Waals surface area contributed by atoms with Crippen molar-refractivity contribution in [3.05, 3.63) is 0 Å². The first-order valence-electron chi connectivity index (χ1n) is 7.19. The van der Waals surface area contributed by atoms with E-state index in [0.717, 1.165) is 25.3 Å². The highest BCUT2D eigenvalue weighted by atomic mass is 16.1. The highest BCUT2D eigenvalue weighted by Crippen LogP contribution is 2.24. The molecule has 0 spiro atoms. The van der Waals surface area contributed by atoms with Gasteiger partial charge in [0.15, 0.2) is 0 Å². The number of carbonyl (C=O) groups is 1. The van der Waals surface area contributed by atoms with Gasteiger partial charge in [0.25, 0.3) is 0 Å². The largest absolute Gasteiger partial charge is 0.353 e. The van der Waals surface area contributed by atoms with Crippen LogP contribution < -0.4 is 10.6 Å². The summed E-state index contributed by atoms with van der Waals surface area (Å²) in [7, 11) is 0. The molecule has 2 N–H and O–H groups in total. The van der Waals surface area contributed by atoms with Gasteiger partial charge >= 0.3 is 0 Å². The second kappa shape index (κ2) is 5.85. The Labute approximate surface area is 105 Å². The monoisotopic (exact) mass is 238 g/mol. The summed E-state index contributed by atoms with van der Waals surface area (Å²) >= 11 is 0. The van der Waals surface area contributed by atoms with Crippen molar-refractivity contribution >= 4 is 5.91 Å². The Balaban J connectivity index is 1.76. The molecule has 2 rings (SSSR count). The average molecular weight is 238 g/mol. The van der Waals surface area contributed by atoms with Crippen molar-refractivity contribution in [1.82, 2.24) is 10.6 Å². The van der Waals surface area contributed by atoms with Crippen LogP contribution in [0.1, 0.15) is 52.4 Å². The van der Waals surface area contributed by atoms with E-state index in [9.17, 15) is 4.79 Å². The van der Waals surface area contributed by atoms with Crippen molar-refractivity contribution in [1.29, 1.82) is 0 Å². The lowest BCUT2D eigenvalue weighted by atomic mass is 9.86. The van der Waals surface area contributed by atoms with Crippen molar-refractivity contribution in [2.45, 2.75) is 64.5 Å². The molecule has 1 heterocycles. The summed E-state index contributed by atoms with van der Waals surface area (Å²) in [5.41, 5.74) is 0. The summed E-state index contributed by atoms with van der Waals surface area (Å²) < 4.78 is 0. The molecule has 0 aromatic rings. The lowest BCUT2D eigenvalue weighted by molar-refractivity contribution is -0.127. The molecule has 1 aliphatic carbocycles. The summed E-state index contributed by atoms with van der Waals surface area (Å²) in [4.78, 5) is 12.2. The van der Waals surface area contributed by atoms with Crippen molar-refractivity contribution in [3.8, 4) is 0 Å². The van der Waals surface area contributed by atoms with Crippen molar-refractivity contribution in [3.63, 3.8) is 0 Å². The third-order valence-electron chi connectivity index (χ3n) is 4.36. The zero-order valence-corrected chi connectivity index (χ0v) is 11.2. The van der Waals surface area contributed by atoms with Crippen LogP contribution in [0, 0.1) is 11.8 Å². The highest BCUT2D eigenvalue weighted by molar-refractivity contribution is 5.79. The molecule has 3 heteroatoms. The third-order valence-corrected chi connectivity index (χ3v) is 4.36. The Hall–Kier alpha value is -0.570. The third kappa shape index (κ3) is 3.70. The number of carbonyl (C=O) groups excluding carboxylic acids is 1. The van der Waals surface area contributed by atoms with Gasteiger partial charge in [0.2, 0.25) is 5.91 Å². The van der Waals surface area contributed by atoms with Gasteiger partial charge in [0, 0.05) is 18.0 Å². The molecule has 1 aliphatic heterocycles. The maximum atomic E-state index is 12.2. The fourth-order valence-corrected chi connectivity index (χ4v) is 3.09. The Morgan fingerprint density at radius 1 is 1.12 bits per heavy atom. The number of hydrogen-bond acceptors (Lipinski definition) is 2. The van der Waals surface area contributed by atoms with Crippen LogP contribution in [0.5, 0.6) is 0 Å². The molecule has 0 aromatic heterocycles. The van der Waals surface area contributed by atoms with Gasteiger partial charge in [-0.2, -0.15) is 0 Å². The van der Waals surface area contributed by atoms with Crippen molar-refractivity contribution in [2.24, 2.45) is 11.8 Å². The second-order valence-corrected chi connectivity index (χ2v) is 6.04.